The van der Waals surface area contributed by atoms with Crippen LogP contribution in [0.1, 0.15) is 24.9 Å². The van der Waals surface area contributed by atoms with Gasteiger partial charge in [0.05, 0.1) is 5.02 Å². The summed E-state index contributed by atoms with van der Waals surface area (Å²) in [4.78, 5) is 0. The fraction of sp³-hybridized carbons (Fsp3) is 0.273. The van der Waals surface area contributed by atoms with Gasteiger partial charge in [0, 0.05) is 11.6 Å². The molecule has 4 heteroatoms. The fourth-order valence-electron chi connectivity index (χ4n) is 1.32. The van der Waals surface area contributed by atoms with E-state index in [0.29, 0.717) is 17.0 Å². The molecule has 1 rings (SSSR count). The van der Waals surface area contributed by atoms with Gasteiger partial charge in [-0.15, -0.1) is 19.0 Å². The number of benzene rings is 1. The second kappa shape index (κ2) is 6.01. The third-order valence-corrected chi connectivity index (χ3v) is 2.29. The Morgan fingerprint density at radius 1 is 1.60 bits per heavy atom. The van der Waals surface area contributed by atoms with Gasteiger partial charge >= 0.3 is 0 Å². The second-order valence-electron chi connectivity index (χ2n) is 3.45. The van der Waals surface area contributed by atoms with E-state index in [-0.39, 0.29) is 24.2 Å². The van der Waals surface area contributed by atoms with Crippen LogP contribution in [0, 0.1) is 0 Å². The maximum absolute atomic E-state index is 9.64. The number of aromatic hydroxyl groups is 1. The molecule has 2 nitrogen and oxygen atoms in total. The molecule has 0 bridgehead atoms. The Morgan fingerprint density at radius 2 is 2.20 bits per heavy atom. The molecule has 3 N–H and O–H groups in total. The predicted molar refractivity (Wildman–Crippen MR) is 66.7 cm³/mol. The fourth-order valence-corrected chi connectivity index (χ4v) is 1.50. The van der Waals surface area contributed by atoms with Crippen molar-refractivity contribution in [2.24, 2.45) is 5.73 Å². The highest BCUT2D eigenvalue weighted by atomic mass is 35.5. The van der Waals surface area contributed by atoms with Gasteiger partial charge in [0.1, 0.15) is 5.75 Å². The average Bonchev–Trinajstić information content (AvgIpc) is 2.08. The van der Waals surface area contributed by atoms with Crippen molar-refractivity contribution in [1.29, 1.82) is 0 Å². The lowest BCUT2D eigenvalue weighted by molar-refractivity contribution is 0.461. The van der Waals surface area contributed by atoms with E-state index in [0.717, 1.165) is 5.57 Å². The molecular weight excluding hydrogens is 233 g/mol. The van der Waals surface area contributed by atoms with Gasteiger partial charge in [-0.2, -0.15) is 0 Å². The predicted octanol–water partition coefficient (Wildman–Crippen LogP) is 3.43. The van der Waals surface area contributed by atoms with E-state index in [2.05, 4.69) is 6.58 Å². The SMILES string of the molecule is C=C(C)C[C@H](N)c1cccc(Cl)c1O.Cl. The van der Waals surface area contributed by atoms with Crippen molar-refractivity contribution in [1.82, 2.24) is 0 Å². The standard InChI is InChI=1S/C11H14ClNO.ClH/c1-7(2)6-10(13)8-4-3-5-9(12)11(8)14;/h3-5,10,14H,1,6,13H2,2H3;1H/t10-;/m0./s1. The summed E-state index contributed by atoms with van der Waals surface area (Å²) in [5, 5.41) is 9.97. The normalized spacial score (nSPS) is 11.7. The monoisotopic (exact) mass is 247 g/mol. The number of para-hydroxylation sites is 1. The van der Waals surface area contributed by atoms with Crippen LogP contribution in [0.2, 0.25) is 5.02 Å². The first-order valence-electron chi connectivity index (χ1n) is 4.39. The number of rotatable bonds is 3. The van der Waals surface area contributed by atoms with E-state index < -0.39 is 0 Å². The Kier molecular flexibility index (Phi) is 5.73. The van der Waals surface area contributed by atoms with E-state index in [9.17, 15) is 5.11 Å². The smallest absolute Gasteiger partial charge is 0.138 e. The van der Waals surface area contributed by atoms with E-state index in [1.54, 1.807) is 18.2 Å². The molecule has 0 unspecified atom stereocenters. The maximum atomic E-state index is 9.64. The maximum Gasteiger partial charge on any atom is 0.138 e. The van der Waals surface area contributed by atoms with Crippen LogP contribution in [-0.2, 0) is 0 Å². The first-order valence-corrected chi connectivity index (χ1v) is 4.77. The molecule has 0 saturated heterocycles. The molecule has 1 aromatic carbocycles. The quantitative estimate of drug-likeness (QED) is 0.805. The minimum atomic E-state index is -0.244. The Hall–Kier alpha value is -0.700. The van der Waals surface area contributed by atoms with Crippen molar-refractivity contribution in [3.63, 3.8) is 0 Å². The zero-order valence-corrected chi connectivity index (χ0v) is 10.1. The zero-order valence-electron chi connectivity index (χ0n) is 8.53. The van der Waals surface area contributed by atoms with Gasteiger partial charge in [0.15, 0.2) is 0 Å². The molecule has 0 spiro atoms. The average molecular weight is 248 g/mol. The summed E-state index contributed by atoms with van der Waals surface area (Å²) in [5.74, 6) is 0.0721. The van der Waals surface area contributed by atoms with Crippen molar-refractivity contribution < 1.29 is 5.11 Å². The summed E-state index contributed by atoms with van der Waals surface area (Å²) in [5.41, 5.74) is 7.54. The Labute approximate surface area is 101 Å². The van der Waals surface area contributed by atoms with Gasteiger partial charge in [0.2, 0.25) is 0 Å². The molecule has 0 amide bonds. The molecule has 0 heterocycles. The molecule has 1 atom stereocenters. The number of nitrogens with two attached hydrogens (primary N) is 1. The van der Waals surface area contributed by atoms with Crippen LogP contribution in [0.4, 0.5) is 0 Å². The summed E-state index contributed by atoms with van der Waals surface area (Å²) in [6, 6.07) is 4.93. The summed E-state index contributed by atoms with van der Waals surface area (Å²) < 4.78 is 0. The zero-order chi connectivity index (χ0) is 10.7. The van der Waals surface area contributed by atoms with E-state index in [1.165, 1.54) is 0 Å². The summed E-state index contributed by atoms with van der Waals surface area (Å²) in [6.07, 6.45) is 0.647. The van der Waals surface area contributed by atoms with Crippen LogP contribution in [-0.4, -0.2) is 5.11 Å². The largest absolute Gasteiger partial charge is 0.506 e. The third kappa shape index (κ3) is 3.74. The Bertz CT molecular complexity index is 352. The van der Waals surface area contributed by atoms with Crippen molar-refractivity contribution in [2.45, 2.75) is 19.4 Å². The Balaban J connectivity index is 0.00000196. The first-order chi connectivity index (χ1) is 6.52. The van der Waals surface area contributed by atoms with Gasteiger partial charge in [-0.25, -0.2) is 0 Å². The molecule has 1 aromatic rings. The number of halogens is 2. The summed E-state index contributed by atoms with van der Waals surface area (Å²) >= 11 is 5.77. The lowest BCUT2D eigenvalue weighted by Crippen LogP contribution is -2.10. The highest BCUT2D eigenvalue weighted by Gasteiger charge is 2.12. The van der Waals surface area contributed by atoms with E-state index in [4.69, 9.17) is 17.3 Å². The van der Waals surface area contributed by atoms with Crippen molar-refractivity contribution >= 4 is 24.0 Å². The number of hydrogen-bond acceptors (Lipinski definition) is 2. The molecule has 15 heavy (non-hydrogen) atoms. The van der Waals surface area contributed by atoms with Gasteiger partial charge in [-0.3, -0.25) is 0 Å². The number of hydrogen-bond donors (Lipinski definition) is 2. The van der Waals surface area contributed by atoms with Crippen LogP contribution >= 0.6 is 24.0 Å². The lowest BCUT2D eigenvalue weighted by Gasteiger charge is -2.13. The van der Waals surface area contributed by atoms with Gasteiger partial charge < -0.3 is 10.8 Å². The van der Waals surface area contributed by atoms with Crippen LogP contribution in [0.5, 0.6) is 5.75 Å². The van der Waals surface area contributed by atoms with Crippen LogP contribution in [0.25, 0.3) is 0 Å². The van der Waals surface area contributed by atoms with Crippen LogP contribution < -0.4 is 5.73 Å². The molecule has 0 radical (unpaired) electrons. The van der Waals surface area contributed by atoms with Crippen molar-refractivity contribution in [3.8, 4) is 5.75 Å². The Morgan fingerprint density at radius 3 is 2.73 bits per heavy atom. The topological polar surface area (TPSA) is 46.2 Å². The molecular formula is C11H15Cl2NO. The third-order valence-electron chi connectivity index (χ3n) is 1.99. The molecule has 0 aliphatic carbocycles. The highest BCUT2D eigenvalue weighted by Crippen LogP contribution is 2.32. The lowest BCUT2D eigenvalue weighted by atomic mass is 10.0. The minimum absolute atomic E-state index is 0. The van der Waals surface area contributed by atoms with Crippen molar-refractivity contribution in [3.05, 3.63) is 40.9 Å². The highest BCUT2D eigenvalue weighted by molar-refractivity contribution is 6.32. The van der Waals surface area contributed by atoms with E-state index in [1.807, 2.05) is 6.92 Å². The molecule has 84 valence electrons. The van der Waals surface area contributed by atoms with Gasteiger partial charge in [0.25, 0.3) is 0 Å². The number of phenolic OH excluding ortho intramolecular Hbond substituents is 1. The van der Waals surface area contributed by atoms with Crippen LogP contribution in [0.3, 0.4) is 0 Å². The second-order valence-corrected chi connectivity index (χ2v) is 3.85. The summed E-state index contributed by atoms with van der Waals surface area (Å²) in [6.45, 7) is 5.68. The summed E-state index contributed by atoms with van der Waals surface area (Å²) in [7, 11) is 0. The van der Waals surface area contributed by atoms with Crippen LogP contribution in [0.15, 0.2) is 30.4 Å². The van der Waals surface area contributed by atoms with Gasteiger partial charge in [-0.05, 0) is 19.4 Å². The van der Waals surface area contributed by atoms with Crippen molar-refractivity contribution in [2.75, 3.05) is 0 Å². The van der Waals surface area contributed by atoms with E-state index >= 15 is 0 Å². The minimum Gasteiger partial charge on any atom is -0.506 e. The number of phenols is 1. The van der Waals surface area contributed by atoms with Gasteiger partial charge in [-0.1, -0.05) is 29.3 Å². The molecule has 0 aromatic heterocycles. The molecule has 0 aliphatic rings. The molecule has 0 aliphatic heterocycles. The molecule has 0 fully saturated rings. The molecule has 0 saturated carbocycles. The first kappa shape index (κ1) is 14.3.